The largest absolute Gasteiger partial charge is 1.00 e. The van der Waals surface area contributed by atoms with Crippen LogP contribution >= 0.6 is 0 Å². The maximum absolute atomic E-state index is 9.64. The Bertz CT molecular complexity index is 54.9. The first-order valence-electron chi connectivity index (χ1n) is 3.26. The molecule has 1 nitrogen and oxygen atoms in total. The van der Waals surface area contributed by atoms with E-state index < -0.39 is 0 Å². The standard InChI is InChI=1S/C7H13O.Li/c1-2-3-4-5-6-7-8;/h2-6H2,1H3;/q-1;+1. The molecule has 0 radical (unpaired) electrons. The number of hydrogen-bond acceptors (Lipinski definition) is 1. The van der Waals surface area contributed by atoms with Crippen molar-refractivity contribution in [2.75, 3.05) is 0 Å². The molecule has 0 fully saturated rings. The summed E-state index contributed by atoms with van der Waals surface area (Å²) in [7, 11) is 0. The second-order valence-corrected chi connectivity index (χ2v) is 1.95. The fourth-order valence-corrected chi connectivity index (χ4v) is 0.624. The van der Waals surface area contributed by atoms with Gasteiger partial charge < -0.3 is 4.79 Å². The van der Waals surface area contributed by atoms with E-state index in [9.17, 15) is 4.79 Å². The molecule has 0 aromatic rings. The van der Waals surface area contributed by atoms with Crippen molar-refractivity contribution in [2.45, 2.75) is 39.0 Å². The second kappa shape index (κ2) is 11.1. The van der Waals surface area contributed by atoms with Gasteiger partial charge in [0.25, 0.3) is 0 Å². The molecule has 0 N–H and O–H groups in total. The van der Waals surface area contributed by atoms with E-state index in [4.69, 9.17) is 0 Å². The summed E-state index contributed by atoms with van der Waals surface area (Å²) in [5, 5.41) is 0. The van der Waals surface area contributed by atoms with Crippen LogP contribution in [0.25, 0.3) is 0 Å². The molecule has 0 saturated heterocycles. The third-order valence-corrected chi connectivity index (χ3v) is 1.13. The van der Waals surface area contributed by atoms with Crippen LogP contribution in [-0.4, -0.2) is 6.29 Å². The van der Waals surface area contributed by atoms with Crippen molar-refractivity contribution in [1.29, 1.82) is 0 Å². The summed E-state index contributed by atoms with van der Waals surface area (Å²) < 4.78 is 0. The molecule has 48 valence electrons. The van der Waals surface area contributed by atoms with E-state index in [1.54, 1.807) is 0 Å². The SMILES string of the molecule is CCCCCC[C-]=O.[Li+]. The summed E-state index contributed by atoms with van der Waals surface area (Å²) in [6.07, 6.45) is 7.20. The Hall–Kier alpha value is 0.267. The predicted molar refractivity (Wildman–Crippen MR) is 34.5 cm³/mol. The molecule has 0 amide bonds. The number of rotatable bonds is 5. The zero-order valence-electron chi connectivity index (χ0n) is 6.44. The van der Waals surface area contributed by atoms with Crippen molar-refractivity contribution in [3.8, 4) is 0 Å². The van der Waals surface area contributed by atoms with E-state index in [1.807, 2.05) is 6.29 Å². The first-order chi connectivity index (χ1) is 3.91. The Morgan fingerprint density at radius 2 is 1.89 bits per heavy atom. The van der Waals surface area contributed by atoms with Crippen LogP contribution in [0.4, 0.5) is 0 Å². The van der Waals surface area contributed by atoms with Crippen LogP contribution in [0.15, 0.2) is 0 Å². The first kappa shape index (κ1) is 12.0. The van der Waals surface area contributed by atoms with Crippen LogP contribution in [0.1, 0.15) is 39.0 Å². The molecule has 0 aliphatic heterocycles. The maximum atomic E-state index is 9.64. The molecule has 0 bridgehead atoms. The van der Waals surface area contributed by atoms with Crippen LogP contribution in [-0.2, 0) is 4.79 Å². The smallest absolute Gasteiger partial charge is 0.542 e. The summed E-state index contributed by atoms with van der Waals surface area (Å²) in [4.78, 5) is 9.64. The number of carbonyl (C=O) groups excluding carboxylic acids is 1. The Labute approximate surface area is 69.4 Å². The van der Waals surface area contributed by atoms with Gasteiger partial charge in [0.1, 0.15) is 0 Å². The van der Waals surface area contributed by atoms with Gasteiger partial charge in [0.2, 0.25) is 0 Å². The third-order valence-electron chi connectivity index (χ3n) is 1.13. The van der Waals surface area contributed by atoms with Crippen LogP contribution in [0.3, 0.4) is 0 Å². The topological polar surface area (TPSA) is 17.1 Å². The number of hydrogen-bond donors (Lipinski definition) is 0. The predicted octanol–water partition coefficient (Wildman–Crippen LogP) is -0.929. The molecule has 2 heteroatoms. The molecule has 0 saturated carbocycles. The molecule has 0 rings (SSSR count). The zero-order valence-corrected chi connectivity index (χ0v) is 6.44. The van der Waals surface area contributed by atoms with E-state index in [-0.39, 0.29) is 18.9 Å². The molecular formula is C7H13LiO. The molecule has 0 aliphatic carbocycles. The van der Waals surface area contributed by atoms with E-state index in [0.717, 1.165) is 6.42 Å². The molecule has 0 aliphatic rings. The zero-order chi connectivity index (χ0) is 6.24. The van der Waals surface area contributed by atoms with Crippen LogP contribution in [0, 0.1) is 0 Å². The Morgan fingerprint density at radius 3 is 2.33 bits per heavy atom. The van der Waals surface area contributed by atoms with Gasteiger partial charge in [-0.05, 0) is 0 Å². The minimum absolute atomic E-state index is 0. The van der Waals surface area contributed by atoms with E-state index in [1.165, 1.54) is 19.3 Å². The van der Waals surface area contributed by atoms with Crippen LogP contribution < -0.4 is 18.9 Å². The van der Waals surface area contributed by atoms with Crippen LogP contribution in [0.5, 0.6) is 0 Å². The van der Waals surface area contributed by atoms with Gasteiger partial charge in [0, 0.05) is 0 Å². The van der Waals surface area contributed by atoms with Gasteiger partial charge in [-0.3, -0.25) is 6.29 Å². The Kier molecular flexibility index (Phi) is 14.8. The van der Waals surface area contributed by atoms with Gasteiger partial charge in [0.15, 0.2) is 0 Å². The minimum atomic E-state index is 0. The van der Waals surface area contributed by atoms with E-state index in [0.29, 0.717) is 6.42 Å². The average molecular weight is 120 g/mol. The molecule has 0 aromatic heterocycles. The van der Waals surface area contributed by atoms with Gasteiger partial charge in [-0.2, -0.15) is 6.42 Å². The minimum Gasteiger partial charge on any atom is -0.542 e. The van der Waals surface area contributed by atoms with Crippen LogP contribution in [0.2, 0.25) is 0 Å². The molecule has 0 atom stereocenters. The van der Waals surface area contributed by atoms with E-state index in [2.05, 4.69) is 6.92 Å². The molecular weight excluding hydrogens is 107 g/mol. The molecule has 0 aromatic carbocycles. The van der Waals surface area contributed by atoms with Gasteiger partial charge in [-0.25, -0.2) is 0 Å². The number of unbranched alkanes of at least 4 members (excludes halogenated alkanes) is 4. The van der Waals surface area contributed by atoms with Crippen molar-refractivity contribution < 1.29 is 23.7 Å². The molecule has 9 heavy (non-hydrogen) atoms. The normalized spacial score (nSPS) is 8.11. The van der Waals surface area contributed by atoms with Crippen molar-refractivity contribution >= 4 is 6.29 Å². The summed E-state index contributed by atoms with van der Waals surface area (Å²) in [6.45, 7) is 2.16. The van der Waals surface area contributed by atoms with Gasteiger partial charge in [0.05, 0.1) is 0 Å². The summed E-state index contributed by atoms with van der Waals surface area (Å²) in [5.41, 5.74) is 0. The van der Waals surface area contributed by atoms with Gasteiger partial charge in [-0.15, -0.1) is 0 Å². The van der Waals surface area contributed by atoms with Crippen molar-refractivity contribution in [2.24, 2.45) is 0 Å². The fourth-order valence-electron chi connectivity index (χ4n) is 0.624. The Balaban J connectivity index is 0. The first-order valence-corrected chi connectivity index (χ1v) is 3.26. The second-order valence-electron chi connectivity index (χ2n) is 1.95. The average Bonchev–Trinajstić information content (AvgIpc) is 1.81. The third kappa shape index (κ3) is 11.7. The van der Waals surface area contributed by atoms with Gasteiger partial charge in [-0.1, -0.05) is 32.6 Å². The van der Waals surface area contributed by atoms with Gasteiger partial charge >= 0.3 is 18.9 Å². The Morgan fingerprint density at radius 1 is 1.22 bits per heavy atom. The monoisotopic (exact) mass is 120 g/mol. The molecule has 0 heterocycles. The summed E-state index contributed by atoms with van der Waals surface area (Å²) in [5.74, 6) is 0. The summed E-state index contributed by atoms with van der Waals surface area (Å²) in [6, 6.07) is 0. The molecule has 0 unspecified atom stereocenters. The van der Waals surface area contributed by atoms with E-state index >= 15 is 0 Å². The van der Waals surface area contributed by atoms with Crippen molar-refractivity contribution in [3.05, 3.63) is 0 Å². The summed E-state index contributed by atoms with van der Waals surface area (Å²) >= 11 is 0. The molecule has 0 spiro atoms. The fraction of sp³-hybridized carbons (Fsp3) is 0.857. The maximum Gasteiger partial charge on any atom is 1.00 e. The van der Waals surface area contributed by atoms with Crippen molar-refractivity contribution in [3.63, 3.8) is 0 Å². The van der Waals surface area contributed by atoms with Crippen molar-refractivity contribution in [1.82, 2.24) is 0 Å². The quantitative estimate of drug-likeness (QED) is 0.260.